The molecule has 2 aromatic carbocycles. The van der Waals surface area contributed by atoms with Crippen LogP contribution in [0, 0.1) is 6.92 Å². The molecule has 35 heavy (non-hydrogen) atoms. The lowest BCUT2D eigenvalue weighted by Gasteiger charge is -2.23. The van der Waals surface area contributed by atoms with Gasteiger partial charge >= 0.3 is 0 Å². The van der Waals surface area contributed by atoms with E-state index in [9.17, 15) is 4.79 Å². The average molecular weight is 473 g/mol. The van der Waals surface area contributed by atoms with Crippen LogP contribution in [0.15, 0.2) is 54.7 Å². The van der Waals surface area contributed by atoms with E-state index in [-0.39, 0.29) is 12.0 Å². The van der Waals surface area contributed by atoms with Crippen molar-refractivity contribution in [3.63, 3.8) is 0 Å². The summed E-state index contributed by atoms with van der Waals surface area (Å²) in [4.78, 5) is 23.8. The van der Waals surface area contributed by atoms with Crippen LogP contribution in [0.2, 0.25) is 0 Å². The highest BCUT2D eigenvalue weighted by Gasteiger charge is 2.19. The lowest BCUT2D eigenvalue weighted by atomic mass is 10.1. The topological polar surface area (TPSA) is 91.4 Å². The van der Waals surface area contributed by atoms with Crippen LogP contribution in [0.25, 0.3) is 0 Å². The molecule has 8 nitrogen and oxygen atoms in total. The molecule has 0 aliphatic carbocycles. The van der Waals surface area contributed by atoms with Crippen LogP contribution in [-0.4, -0.2) is 53.1 Å². The van der Waals surface area contributed by atoms with Crippen molar-refractivity contribution >= 4 is 29.0 Å². The number of aromatic nitrogens is 2. The van der Waals surface area contributed by atoms with Gasteiger partial charge in [-0.1, -0.05) is 6.07 Å². The Kier molecular flexibility index (Phi) is 7.09. The molecule has 3 N–H and O–H groups in total. The fraction of sp³-hybridized carbons (Fsp3) is 0.370. The highest BCUT2D eigenvalue weighted by Crippen LogP contribution is 2.24. The first-order valence-electron chi connectivity index (χ1n) is 12.4. The van der Waals surface area contributed by atoms with Gasteiger partial charge in [0.25, 0.3) is 5.91 Å². The van der Waals surface area contributed by atoms with Gasteiger partial charge in [-0.3, -0.25) is 4.79 Å². The number of benzene rings is 2. The monoisotopic (exact) mass is 472 g/mol. The first-order valence-corrected chi connectivity index (χ1v) is 12.4. The molecule has 2 aliphatic rings. The predicted octanol–water partition coefficient (Wildman–Crippen LogP) is 4.64. The van der Waals surface area contributed by atoms with E-state index in [2.05, 4.69) is 25.9 Å². The number of rotatable bonds is 7. The summed E-state index contributed by atoms with van der Waals surface area (Å²) in [6.45, 7) is 5.64. The lowest BCUT2D eigenvalue weighted by Crippen LogP contribution is -2.34. The molecule has 1 aromatic heterocycles. The predicted molar refractivity (Wildman–Crippen MR) is 138 cm³/mol. The van der Waals surface area contributed by atoms with Crippen LogP contribution in [0.1, 0.15) is 41.6 Å². The van der Waals surface area contributed by atoms with Crippen molar-refractivity contribution in [2.24, 2.45) is 0 Å². The van der Waals surface area contributed by atoms with E-state index in [0.29, 0.717) is 17.3 Å². The third-order valence-corrected chi connectivity index (χ3v) is 6.44. The average Bonchev–Trinajstić information content (AvgIpc) is 3.43. The Morgan fingerprint density at radius 3 is 2.57 bits per heavy atom. The Morgan fingerprint density at radius 1 is 1.03 bits per heavy atom. The van der Waals surface area contributed by atoms with Crippen molar-refractivity contribution in [3.05, 3.63) is 65.9 Å². The Labute approximate surface area is 206 Å². The number of hydrogen-bond acceptors (Lipinski definition) is 7. The maximum absolute atomic E-state index is 12.8. The Hall–Kier alpha value is -3.65. The standard InChI is InChI=1S/C27H32N6O2/c1-19-18-29-27(31-21-7-9-23(10-8-21)35-24-11-13-28-14-12-24)32-25(19)30-22-6-4-5-20(17-22)26(34)33-15-2-3-16-33/h4-10,17-18,24,28H,2-3,11-16H2,1H3,(H2,29,30,31,32). The number of aryl methyl sites for hydroxylation is 1. The molecule has 0 spiro atoms. The third-order valence-electron chi connectivity index (χ3n) is 6.44. The van der Waals surface area contributed by atoms with E-state index in [4.69, 9.17) is 4.74 Å². The van der Waals surface area contributed by atoms with E-state index in [1.807, 2.05) is 60.4 Å². The quantitative estimate of drug-likeness (QED) is 0.461. The summed E-state index contributed by atoms with van der Waals surface area (Å²) in [7, 11) is 0. The number of carbonyl (C=O) groups excluding carboxylic acids is 1. The molecule has 2 fully saturated rings. The maximum atomic E-state index is 12.8. The van der Waals surface area contributed by atoms with Gasteiger partial charge in [0, 0.05) is 41.8 Å². The highest BCUT2D eigenvalue weighted by atomic mass is 16.5. The van der Waals surface area contributed by atoms with Crippen LogP contribution < -0.4 is 20.7 Å². The number of piperidine rings is 1. The van der Waals surface area contributed by atoms with Gasteiger partial charge in [-0.2, -0.15) is 4.98 Å². The number of carbonyl (C=O) groups is 1. The Bertz CT molecular complexity index is 1150. The summed E-state index contributed by atoms with van der Waals surface area (Å²) in [6.07, 6.45) is 6.27. The second-order valence-electron chi connectivity index (χ2n) is 9.15. The summed E-state index contributed by atoms with van der Waals surface area (Å²) in [6, 6.07) is 15.5. The number of nitrogens with zero attached hydrogens (tertiary/aromatic N) is 3. The molecule has 2 saturated heterocycles. The minimum atomic E-state index is 0.0838. The number of ether oxygens (including phenoxy) is 1. The van der Waals surface area contributed by atoms with Crippen molar-refractivity contribution in [2.75, 3.05) is 36.8 Å². The molecule has 0 unspecified atom stereocenters. The van der Waals surface area contributed by atoms with Gasteiger partial charge in [-0.25, -0.2) is 4.98 Å². The van der Waals surface area contributed by atoms with Crippen LogP contribution in [0.4, 0.5) is 23.1 Å². The summed E-state index contributed by atoms with van der Waals surface area (Å²) in [5.41, 5.74) is 3.31. The number of nitrogens with one attached hydrogen (secondary N) is 3. The zero-order chi connectivity index (χ0) is 24.0. The van der Waals surface area contributed by atoms with Gasteiger partial charge in [-0.15, -0.1) is 0 Å². The smallest absolute Gasteiger partial charge is 0.253 e. The molecule has 182 valence electrons. The fourth-order valence-corrected chi connectivity index (χ4v) is 4.45. The second kappa shape index (κ2) is 10.7. The number of amides is 1. The van der Waals surface area contributed by atoms with Crippen molar-refractivity contribution < 1.29 is 9.53 Å². The Balaban J connectivity index is 1.24. The molecular weight excluding hydrogens is 440 g/mol. The minimum Gasteiger partial charge on any atom is -0.490 e. The SMILES string of the molecule is Cc1cnc(Nc2ccc(OC3CCNCC3)cc2)nc1Nc1cccc(C(=O)N2CCCC2)c1. The molecule has 8 heteroatoms. The summed E-state index contributed by atoms with van der Waals surface area (Å²) in [5.74, 6) is 2.15. The van der Waals surface area contributed by atoms with Gasteiger partial charge in [0.05, 0.1) is 0 Å². The molecule has 0 radical (unpaired) electrons. The zero-order valence-corrected chi connectivity index (χ0v) is 20.1. The molecular formula is C27H32N6O2. The number of anilines is 4. The summed E-state index contributed by atoms with van der Waals surface area (Å²) in [5, 5.41) is 9.97. The van der Waals surface area contributed by atoms with Gasteiger partial charge in [0.1, 0.15) is 17.7 Å². The third kappa shape index (κ3) is 5.89. The van der Waals surface area contributed by atoms with Gasteiger partial charge in [-0.05, 0) is 88.2 Å². The summed E-state index contributed by atoms with van der Waals surface area (Å²) < 4.78 is 6.08. The van der Waals surface area contributed by atoms with Crippen molar-refractivity contribution in [1.82, 2.24) is 20.2 Å². The largest absolute Gasteiger partial charge is 0.490 e. The molecule has 1 amide bonds. The molecule has 2 aliphatic heterocycles. The molecule has 0 saturated carbocycles. The van der Waals surface area contributed by atoms with Crippen molar-refractivity contribution in [2.45, 2.75) is 38.7 Å². The van der Waals surface area contributed by atoms with E-state index < -0.39 is 0 Å². The summed E-state index contributed by atoms with van der Waals surface area (Å²) >= 11 is 0. The van der Waals surface area contributed by atoms with E-state index in [1.165, 1.54) is 0 Å². The molecule has 3 aromatic rings. The van der Waals surface area contributed by atoms with Crippen molar-refractivity contribution in [1.29, 1.82) is 0 Å². The van der Waals surface area contributed by atoms with Gasteiger partial charge < -0.3 is 25.6 Å². The van der Waals surface area contributed by atoms with Gasteiger partial charge in [0.2, 0.25) is 5.95 Å². The van der Waals surface area contributed by atoms with Crippen LogP contribution in [-0.2, 0) is 0 Å². The normalized spacial score (nSPS) is 16.2. The Morgan fingerprint density at radius 2 is 1.80 bits per heavy atom. The maximum Gasteiger partial charge on any atom is 0.253 e. The van der Waals surface area contributed by atoms with Crippen molar-refractivity contribution in [3.8, 4) is 5.75 Å². The zero-order valence-electron chi connectivity index (χ0n) is 20.1. The molecule has 0 bridgehead atoms. The van der Waals surface area contributed by atoms with Crippen LogP contribution in [0.3, 0.4) is 0 Å². The second-order valence-corrected chi connectivity index (χ2v) is 9.15. The van der Waals surface area contributed by atoms with Gasteiger partial charge in [0.15, 0.2) is 0 Å². The van der Waals surface area contributed by atoms with E-state index in [1.54, 1.807) is 6.20 Å². The minimum absolute atomic E-state index is 0.0838. The molecule has 3 heterocycles. The first kappa shape index (κ1) is 23.1. The van der Waals surface area contributed by atoms with Crippen LogP contribution >= 0.6 is 0 Å². The number of likely N-dealkylation sites (tertiary alicyclic amines) is 1. The van der Waals surface area contributed by atoms with Crippen LogP contribution in [0.5, 0.6) is 5.75 Å². The first-order chi connectivity index (χ1) is 17.1. The molecule has 0 atom stereocenters. The molecule has 5 rings (SSSR count). The van der Waals surface area contributed by atoms with E-state index >= 15 is 0 Å². The van der Waals surface area contributed by atoms with E-state index in [0.717, 1.165) is 74.6 Å². The number of hydrogen-bond donors (Lipinski definition) is 3. The highest BCUT2D eigenvalue weighted by molar-refractivity contribution is 5.95. The fourth-order valence-electron chi connectivity index (χ4n) is 4.45. The lowest BCUT2D eigenvalue weighted by molar-refractivity contribution is 0.0793.